The van der Waals surface area contributed by atoms with Gasteiger partial charge in [0.1, 0.15) is 11.4 Å². The Morgan fingerprint density at radius 1 is 1.50 bits per heavy atom. The topological polar surface area (TPSA) is 50.5 Å². The summed E-state index contributed by atoms with van der Waals surface area (Å²) in [6, 6.07) is 3.80. The second-order valence-electron chi connectivity index (χ2n) is 4.63. The Labute approximate surface area is 106 Å². The van der Waals surface area contributed by atoms with Gasteiger partial charge in [-0.25, -0.2) is 4.98 Å². The average Bonchev–Trinajstić information content (AvgIpc) is 2.85. The lowest BCUT2D eigenvalue weighted by Crippen LogP contribution is -2.43. The number of nitrogens with zero attached hydrogens (tertiary/aromatic N) is 2. The van der Waals surface area contributed by atoms with Crippen LogP contribution in [0.15, 0.2) is 29.0 Å². The van der Waals surface area contributed by atoms with Gasteiger partial charge in [0.05, 0.1) is 24.4 Å². The van der Waals surface area contributed by atoms with Crippen molar-refractivity contribution in [3.8, 4) is 0 Å². The van der Waals surface area contributed by atoms with Crippen molar-refractivity contribution in [2.24, 2.45) is 0 Å². The lowest BCUT2D eigenvalue weighted by molar-refractivity contribution is -0.0117. The summed E-state index contributed by atoms with van der Waals surface area (Å²) in [4.78, 5) is 6.62. The number of furan rings is 1. The molecule has 2 aromatic heterocycles. The number of pyridine rings is 1. The zero-order valence-electron chi connectivity index (χ0n) is 10.4. The quantitative estimate of drug-likeness (QED) is 0.892. The SMILES string of the molecule is CN1CCOC(CNc2nccc3occc23)C1. The van der Waals surface area contributed by atoms with E-state index in [4.69, 9.17) is 9.15 Å². The molecule has 2 aromatic rings. The van der Waals surface area contributed by atoms with Crippen LogP contribution in [0.25, 0.3) is 11.0 Å². The van der Waals surface area contributed by atoms with E-state index in [2.05, 4.69) is 22.2 Å². The number of hydrogen-bond donors (Lipinski definition) is 1. The zero-order chi connectivity index (χ0) is 12.4. The van der Waals surface area contributed by atoms with E-state index in [1.54, 1.807) is 12.5 Å². The summed E-state index contributed by atoms with van der Waals surface area (Å²) in [5.74, 6) is 0.859. The molecule has 0 bridgehead atoms. The van der Waals surface area contributed by atoms with Gasteiger partial charge in [-0.3, -0.25) is 0 Å². The fourth-order valence-corrected chi connectivity index (χ4v) is 2.24. The lowest BCUT2D eigenvalue weighted by atomic mass is 10.2. The fraction of sp³-hybridized carbons (Fsp3) is 0.462. The molecular weight excluding hydrogens is 230 g/mol. The lowest BCUT2D eigenvalue weighted by Gasteiger charge is -2.30. The second kappa shape index (κ2) is 4.96. The predicted octanol–water partition coefficient (Wildman–Crippen LogP) is 1.57. The zero-order valence-corrected chi connectivity index (χ0v) is 10.4. The number of morpholine rings is 1. The van der Waals surface area contributed by atoms with Crippen LogP contribution in [-0.2, 0) is 4.74 Å². The Morgan fingerprint density at radius 2 is 2.44 bits per heavy atom. The van der Waals surface area contributed by atoms with Crippen molar-refractivity contribution in [2.45, 2.75) is 6.10 Å². The van der Waals surface area contributed by atoms with Crippen LogP contribution < -0.4 is 5.32 Å². The molecule has 1 saturated heterocycles. The van der Waals surface area contributed by atoms with Gasteiger partial charge in [-0.15, -0.1) is 0 Å². The number of aromatic nitrogens is 1. The summed E-state index contributed by atoms with van der Waals surface area (Å²) in [5, 5.41) is 4.36. The van der Waals surface area contributed by atoms with E-state index in [-0.39, 0.29) is 6.10 Å². The van der Waals surface area contributed by atoms with Gasteiger partial charge in [-0.05, 0) is 19.2 Å². The van der Waals surface area contributed by atoms with Crippen LogP contribution in [0.1, 0.15) is 0 Å². The summed E-state index contributed by atoms with van der Waals surface area (Å²) in [6.07, 6.45) is 3.65. The minimum Gasteiger partial charge on any atom is -0.464 e. The number of ether oxygens (including phenoxy) is 1. The third kappa shape index (κ3) is 2.32. The Balaban J connectivity index is 1.67. The van der Waals surface area contributed by atoms with Gasteiger partial charge in [0, 0.05) is 25.8 Å². The van der Waals surface area contributed by atoms with E-state index in [9.17, 15) is 0 Å². The Morgan fingerprint density at radius 3 is 3.33 bits per heavy atom. The molecule has 0 aromatic carbocycles. The van der Waals surface area contributed by atoms with Gasteiger partial charge < -0.3 is 19.4 Å². The number of hydrogen-bond acceptors (Lipinski definition) is 5. The minimum absolute atomic E-state index is 0.215. The monoisotopic (exact) mass is 247 g/mol. The average molecular weight is 247 g/mol. The Kier molecular flexibility index (Phi) is 3.17. The molecule has 1 fully saturated rings. The molecule has 0 aliphatic carbocycles. The first-order valence-electron chi connectivity index (χ1n) is 6.19. The van der Waals surface area contributed by atoms with Crippen molar-refractivity contribution in [1.82, 2.24) is 9.88 Å². The summed E-state index contributed by atoms with van der Waals surface area (Å²) in [7, 11) is 2.12. The van der Waals surface area contributed by atoms with E-state index in [1.165, 1.54) is 0 Å². The van der Waals surface area contributed by atoms with E-state index in [0.29, 0.717) is 0 Å². The maximum atomic E-state index is 5.71. The third-order valence-electron chi connectivity index (χ3n) is 3.22. The van der Waals surface area contributed by atoms with Gasteiger partial charge in [0.25, 0.3) is 0 Å². The van der Waals surface area contributed by atoms with Crippen molar-refractivity contribution < 1.29 is 9.15 Å². The van der Waals surface area contributed by atoms with E-state index in [1.807, 2.05) is 12.1 Å². The molecule has 0 spiro atoms. The molecule has 5 nitrogen and oxygen atoms in total. The highest BCUT2D eigenvalue weighted by Crippen LogP contribution is 2.21. The van der Waals surface area contributed by atoms with E-state index in [0.717, 1.165) is 43.0 Å². The first kappa shape index (κ1) is 11.5. The first-order valence-corrected chi connectivity index (χ1v) is 6.19. The van der Waals surface area contributed by atoms with Crippen LogP contribution in [0.5, 0.6) is 0 Å². The molecule has 3 heterocycles. The molecule has 1 N–H and O–H groups in total. The number of likely N-dealkylation sites (N-methyl/N-ethyl adjacent to an activating group) is 1. The van der Waals surface area contributed by atoms with Crippen LogP contribution in [0.4, 0.5) is 5.82 Å². The summed E-state index contributed by atoms with van der Waals surface area (Å²) in [5.41, 5.74) is 0.856. The molecule has 0 saturated carbocycles. The van der Waals surface area contributed by atoms with Gasteiger partial charge in [-0.2, -0.15) is 0 Å². The van der Waals surface area contributed by atoms with Crippen LogP contribution in [0, 0.1) is 0 Å². The highest BCUT2D eigenvalue weighted by molar-refractivity contribution is 5.87. The maximum absolute atomic E-state index is 5.71. The molecule has 1 atom stereocenters. The van der Waals surface area contributed by atoms with Crippen LogP contribution in [-0.4, -0.2) is 49.3 Å². The smallest absolute Gasteiger partial charge is 0.139 e. The Bertz CT molecular complexity index is 526. The number of nitrogens with one attached hydrogen (secondary N) is 1. The molecule has 96 valence electrons. The molecule has 18 heavy (non-hydrogen) atoms. The number of rotatable bonds is 3. The summed E-state index contributed by atoms with van der Waals surface area (Å²) >= 11 is 0. The first-order chi connectivity index (χ1) is 8.83. The van der Waals surface area contributed by atoms with Crippen LogP contribution in [0.2, 0.25) is 0 Å². The number of anilines is 1. The molecular formula is C13H17N3O2. The highest BCUT2D eigenvalue weighted by Gasteiger charge is 2.17. The molecule has 0 amide bonds. The molecule has 3 rings (SSSR count). The van der Waals surface area contributed by atoms with E-state index < -0.39 is 0 Å². The van der Waals surface area contributed by atoms with Crippen molar-refractivity contribution in [3.63, 3.8) is 0 Å². The largest absolute Gasteiger partial charge is 0.464 e. The van der Waals surface area contributed by atoms with Gasteiger partial charge in [-0.1, -0.05) is 0 Å². The minimum atomic E-state index is 0.215. The molecule has 0 radical (unpaired) electrons. The Hall–Kier alpha value is -1.59. The second-order valence-corrected chi connectivity index (χ2v) is 4.63. The fourth-order valence-electron chi connectivity index (χ4n) is 2.24. The van der Waals surface area contributed by atoms with Gasteiger partial charge in [0.15, 0.2) is 0 Å². The van der Waals surface area contributed by atoms with Crippen molar-refractivity contribution in [1.29, 1.82) is 0 Å². The van der Waals surface area contributed by atoms with Gasteiger partial charge in [0.2, 0.25) is 0 Å². The summed E-state index contributed by atoms with van der Waals surface area (Å²) < 4.78 is 11.1. The van der Waals surface area contributed by atoms with Gasteiger partial charge >= 0.3 is 0 Å². The summed E-state index contributed by atoms with van der Waals surface area (Å²) in [6.45, 7) is 3.52. The highest BCUT2D eigenvalue weighted by atomic mass is 16.5. The van der Waals surface area contributed by atoms with Crippen molar-refractivity contribution in [2.75, 3.05) is 38.6 Å². The molecule has 5 heteroatoms. The number of fused-ring (bicyclic) bond motifs is 1. The molecule has 1 aliphatic heterocycles. The van der Waals surface area contributed by atoms with E-state index >= 15 is 0 Å². The standard InChI is InChI=1S/C13H17N3O2/c1-16-5-7-17-10(9-16)8-15-13-11-3-6-18-12(11)2-4-14-13/h2-4,6,10H,5,7-9H2,1H3,(H,14,15). The predicted molar refractivity (Wildman–Crippen MR) is 69.7 cm³/mol. The maximum Gasteiger partial charge on any atom is 0.139 e. The molecule has 1 aliphatic rings. The van der Waals surface area contributed by atoms with Crippen molar-refractivity contribution in [3.05, 3.63) is 24.6 Å². The third-order valence-corrected chi connectivity index (χ3v) is 3.22. The normalized spacial score (nSPS) is 21.3. The van der Waals surface area contributed by atoms with Crippen molar-refractivity contribution >= 4 is 16.8 Å². The van der Waals surface area contributed by atoms with Crippen LogP contribution in [0.3, 0.4) is 0 Å². The molecule has 1 unspecified atom stereocenters. The van der Waals surface area contributed by atoms with Crippen LogP contribution >= 0.6 is 0 Å².